The Morgan fingerprint density at radius 1 is 0.925 bits per heavy atom. The quantitative estimate of drug-likeness (QED) is 0.541. The number of imide groups is 1. The van der Waals surface area contributed by atoms with Crippen LogP contribution in [-0.2, 0) is 9.53 Å². The summed E-state index contributed by atoms with van der Waals surface area (Å²) in [6.45, 7) is 7.59. The molecule has 6 rings (SSSR count). The lowest BCUT2D eigenvalue weighted by Crippen LogP contribution is -2.53. The van der Waals surface area contributed by atoms with E-state index in [1.54, 1.807) is 23.1 Å². The van der Waals surface area contributed by atoms with Crippen molar-refractivity contribution in [2.45, 2.75) is 51.2 Å². The number of carbonyl (C=O) groups is 4. The zero-order valence-electron chi connectivity index (χ0n) is 23.1. The Morgan fingerprint density at radius 2 is 1.70 bits per heavy atom. The second kappa shape index (κ2) is 10.4. The van der Waals surface area contributed by atoms with Gasteiger partial charge in [-0.1, -0.05) is 6.07 Å². The number of piperazine rings is 1. The third kappa shape index (κ3) is 4.78. The van der Waals surface area contributed by atoms with Gasteiger partial charge >= 0.3 is 0 Å². The van der Waals surface area contributed by atoms with Gasteiger partial charge in [0, 0.05) is 51.9 Å². The maximum absolute atomic E-state index is 13.7. The minimum Gasteiger partial charge on any atom is -0.459 e. The van der Waals surface area contributed by atoms with Crippen LogP contribution in [-0.4, -0.2) is 95.8 Å². The molecule has 1 aromatic carbocycles. The van der Waals surface area contributed by atoms with Gasteiger partial charge in [0.2, 0.25) is 5.91 Å². The zero-order chi connectivity index (χ0) is 28.0. The van der Waals surface area contributed by atoms with Crippen LogP contribution in [0.5, 0.6) is 0 Å². The van der Waals surface area contributed by atoms with E-state index in [0.717, 1.165) is 25.1 Å². The Kier molecular flexibility index (Phi) is 6.90. The molecule has 0 spiro atoms. The highest BCUT2D eigenvalue weighted by molar-refractivity contribution is 6.24. The second-order valence-electron chi connectivity index (χ2n) is 11.8. The summed E-state index contributed by atoms with van der Waals surface area (Å²) in [6, 6.07) is 8.61. The third-order valence-electron chi connectivity index (χ3n) is 8.68. The van der Waals surface area contributed by atoms with E-state index in [1.165, 1.54) is 11.2 Å². The van der Waals surface area contributed by atoms with E-state index in [2.05, 4.69) is 4.90 Å². The van der Waals surface area contributed by atoms with E-state index in [1.807, 2.05) is 30.9 Å². The molecule has 3 saturated heterocycles. The standard InChI is InChI=1S/C30H36N4O6/c1-30(2)18-21(10-17-40-30)34-27(36)22-7-3-8-23(25(22)29(34)38)33-11-4-6-20(19-33)26(35)31-12-14-32(15-13-31)28(37)24-9-5-16-39-24/h3,5,7-9,16,20-21H,4,6,10-15,17-19H2,1-2H3. The van der Waals surface area contributed by atoms with E-state index in [9.17, 15) is 19.2 Å². The first-order valence-corrected chi connectivity index (χ1v) is 14.2. The van der Waals surface area contributed by atoms with E-state index < -0.39 is 0 Å². The largest absolute Gasteiger partial charge is 0.459 e. The normalized spacial score (nSPS) is 24.9. The third-order valence-corrected chi connectivity index (χ3v) is 8.68. The lowest BCUT2D eigenvalue weighted by molar-refractivity contribution is -0.137. The van der Waals surface area contributed by atoms with Crippen LogP contribution in [0.25, 0.3) is 0 Å². The predicted molar refractivity (Wildman–Crippen MR) is 146 cm³/mol. The van der Waals surface area contributed by atoms with Gasteiger partial charge in [-0.15, -0.1) is 0 Å². The molecule has 212 valence electrons. The number of ether oxygens (including phenoxy) is 1. The first-order valence-electron chi connectivity index (χ1n) is 14.2. The lowest BCUT2D eigenvalue weighted by atomic mass is 9.93. The molecule has 0 aliphatic carbocycles. The summed E-state index contributed by atoms with van der Waals surface area (Å²) in [5.41, 5.74) is 1.24. The molecule has 1 aromatic heterocycles. The van der Waals surface area contributed by atoms with Crippen molar-refractivity contribution in [3.05, 3.63) is 53.5 Å². The molecule has 5 heterocycles. The fourth-order valence-electron chi connectivity index (χ4n) is 6.64. The molecule has 2 aromatic rings. The molecular weight excluding hydrogens is 512 g/mol. The van der Waals surface area contributed by atoms with Crippen molar-refractivity contribution in [2.75, 3.05) is 50.8 Å². The highest BCUT2D eigenvalue weighted by atomic mass is 16.5. The molecule has 10 nitrogen and oxygen atoms in total. The van der Waals surface area contributed by atoms with Gasteiger partial charge in [-0.2, -0.15) is 0 Å². The van der Waals surface area contributed by atoms with E-state index in [0.29, 0.717) is 69.1 Å². The number of rotatable bonds is 4. The highest BCUT2D eigenvalue weighted by Gasteiger charge is 2.45. The fraction of sp³-hybridized carbons (Fsp3) is 0.533. The number of furan rings is 1. The van der Waals surface area contributed by atoms with Crippen molar-refractivity contribution in [3.8, 4) is 0 Å². The number of amides is 4. The fourth-order valence-corrected chi connectivity index (χ4v) is 6.64. The van der Waals surface area contributed by atoms with Crippen LogP contribution in [0, 0.1) is 5.92 Å². The minimum absolute atomic E-state index is 0.0795. The van der Waals surface area contributed by atoms with Crippen LogP contribution >= 0.6 is 0 Å². The summed E-state index contributed by atoms with van der Waals surface area (Å²) in [5.74, 6) is -0.464. The summed E-state index contributed by atoms with van der Waals surface area (Å²) in [7, 11) is 0. The topological polar surface area (TPSA) is 104 Å². The SMILES string of the molecule is CC1(C)CC(N2C(=O)c3cccc(N4CCCC(C(=O)N5CCN(C(=O)c6ccco6)CC5)C4)c3C2=O)CCO1. The average molecular weight is 549 g/mol. The molecular formula is C30H36N4O6. The summed E-state index contributed by atoms with van der Waals surface area (Å²) in [6.07, 6.45) is 4.30. The van der Waals surface area contributed by atoms with E-state index in [4.69, 9.17) is 9.15 Å². The first-order chi connectivity index (χ1) is 19.2. The smallest absolute Gasteiger partial charge is 0.289 e. The molecule has 4 aliphatic heterocycles. The maximum atomic E-state index is 13.7. The maximum Gasteiger partial charge on any atom is 0.289 e. The minimum atomic E-state index is -0.390. The van der Waals surface area contributed by atoms with Crippen LogP contribution in [0.15, 0.2) is 41.0 Å². The van der Waals surface area contributed by atoms with Crippen LogP contribution in [0.3, 0.4) is 0 Å². The van der Waals surface area contributed by atoms with Crippen LogP contribution in [0.1, 0.15) is 70.8 Å². The molecule has 0 N–H and O–H groups in total. The lowest BCUT2D eigenvalue weighted by Gasteiger charge is -2.40. The van der Waals surface area contributed by atoms with Gasteiger partial charge in [-0.3, -0.25) is 24.1 Å². The molecule has 3 fully saturated rings. The molecule has 0 radical (unpaired) electrons. The molecule has 4 aliphatic rings. The average Bonchev–Trinajstić information content (AvgIpc) is 3.59. The van der Waals surface area contributed by atoms with Gasteiger partial charge < -0.3 is 23.9 Å². The molecule has 2 unspecified atom stereocenters. The Morgan fingerprint density at radius 3 is 2.42 bits per heavy atom. The van der Waals surface area contributed by atoms with Crippen molar-refractivity contribution >= 4 is 29.3 Å². The predicted octanol–water partition coefficient (Wildman–Crippen LogP) is 3.03. The molecule has 2 atom stereocenters. The Balaban J connectivity index is 1.14. The number of benzene rings is 1. The number of piperidine rings is 1. The van der Waals surface area contributed by atoms with Gasteiger partial charge in [0.05, 0.1) is 34.6 Å². The summed E-state index contributed by atoms with van der Waals surface area (Å²) in [5, 5.41) is 0. The number of carbonyl (C=O) groups excluding carboxylic acids is 4. The van der Waals surface area contributed by atoms with E-state index in [-0.39, 0.29) is 41.2 Å². The van der Waals surface area contributed by atoms with Gasteiger partial charge in [0.1, 0.15) is 0 Å². The Bertz CT molecular complexity index is 1310. The molecule has 0 saturated carbocycles. The zero-order valence-corrected chi connectivity index (χ0v) is 23.1. The molecule has 40 heavy (non-hydrogen) atoms. The van der Waals surface area contributed by atoms with E-state index >= 15 is 0 Å². The summed E-state index contributed by atoms with van der Waals surface area (Å²) < 4.78 is 11.1. The van der Waals surface area contributed by atoms with Crippen LogP contribution < -0.4 is 4.90 Å². The second-order valence-corrected chi connectivity index (χ2v) is 11.8. The molecule has 10 heteroatoms. The highest BCUT2D eigenvalue weighted by Crippen LogP contribution is 2.38. The number of fused-ring (bicyclic) bond motifs is 1. The van der Waals surface area contributed by atoms with Crippen molar-refractivity contribution in [1.29, 1.82) is 0 Å². The summed E-state index contributed by atoms with van der Waals surface area (Å²) in [4.78, 5) is 60.4. The van der Waals surface area contributed by atoms with Gasteiger partial charge in [0.15, 0.2) is 5.76 Å². The molecule has 0 bridgehead atoms. The monoisotopic (exact) mass is 548 g/mol. The Hall–Kier alpha value is -3.66. The van der Waals surface area contributed by atoms with Crippen molar-refractivity contribution in [2.24, 2.45) is 5.92 Å². The number of hydrogen-bond donors (Lipinski definition) is 0. The van der Waals surface area contributed by atoms with Crippen LogP contribution in [0.4, 0.5) is 5.69 Å². The van der Waals surface area contributed by atoms with Crippen molar-refractivity contribution in [1.82, 2.24) is 14.7 Å². The number of anilines is 1. The molecule has 4 amide bonds. The van der Waals surface area contributed by atoms with Crippen molar-refractivity contribution < 1.29 is 28.3 Å². The number of nitrogens with zero attached hydrogens (tertiary/aromatic N) is 4. The number of hydrogen-bond acceptors (Lipinski definition) is 7. The summed E-state index contributed by atoms with van der Waals surface area (Å²) >= 11 is 0. The van der Waals surface area contributed by atoms with Crippen LogP contribution in [0.2, 0.25) is 0 Å². The van der Waals surface area contributed by atoms with Crippen molar-refractivity contribution in [3.63, 3.8) is 0 Å². The van der Waals surface area contributed by atoms with Gasteiger partial charge in [0.25, 0.3) is 17.7 Å². The Labute approximate surface area is 233 Å². The first kappa shape index (κ1) is 26.6. The van der Waals surface area contributed by atoms with Gasteiger partial charge in [-0.25, -0.2) is 0 Å². The van der Waals surface area contributed by atoms with Gasteiger partial charge in [-0.05, 0) is 63.8 Å².